The van der Waals surface area contributed by atoms with Crippen LogP contribution in [0.15, 0.2) is 36.4 Å². The summed E-state index contributed by atoms with van der Waals surface area (Å²) in [5.74, 6) is 0. The Balaban J connectivity index is 1.70. The molecular weight excluding hydrogens is 407 g/mol. The third-order valence-electron chi connectivity index (χ3n) is 4.50. The van der Waals surface area contributed by atoms with Crippen molar-refractivity contribution in [2.75, 3.05) is 5.32 Å². The first-order valence-electron chi connectivity index (χ1n) is 8.65. The molecule has 1 aliphatic rings. The number of anilines is 1. The van der Waals surface area contributed by atoms with Crippen molar-refractivity contribution in [2.24, 2.45) is 0 Å². The van der Waals surface area contributed by atoms with Gasteiger partial charge in [0.2, 0.25) is 0 Å². The maximum atomic E-state index is 12.9. The summed E-state index contributed by atoms with van der Waals surface area (Å²) in [5.41, 5.74) is 10.8. The first-order chi connectivity index (χ1) is 13.1. The highest BCUT2D eigenvalue weighted by molar-refractivity contribution is 7.80. The first kappa shape index (κ1) is 20.5. The molecule has 2 aromatic carbocycles. The van der Waals surface area contributed by atoms with Gasteiger partial charge < -0.3 is 5.32 Å². The van der Waals surface area contributed by atoms with Gasteiger partial charge in [0.1, 0.15) is 0 Å². The summed E-state index contributed by atoms with van der Waals surface area (Å²) in [5, 5.41) is 2.96. The van der Waals surface area contributed by atoms with Crippen LogP contribution in [-0.2, 0) is 12.6 Å². The Labute approximate surface area is 171 Å². The molecule has 3 N–H and O–H groups in total. The molecule has 28 heavy (non-hydrogen) atoms. The molecule has 0 bridgehead atoms. The second kappa shape index (κ2) is 8.01. The van der Waals surface area contributed by atoms with Crippen molar-refractivity contribution < 1.29 is 13.2 Å². The minimum absolute atomic E-state index is 0.0838. The summed E-state index contributed by atoms with van der Waals surface area (Å²) in [6, 6.07) is 7.29. The second-order valence-electron chi connectivity index (χ2n) is 6.66. The molecule has 3 nitrogen and oxygen atoms in total. The molecule has 0 unspecified atom stereocenters. The zero-order chi connectivity index (χ0) is 20.5. The fourth-order valence-electron chi connectivity index (χ4n) is 3.23. The van der Waals surface area contributed by atoms with Crippen LogP contribution in [0.3, 0.4) is 0 Å². The third kappa shape index (κ3) is 4.59. The molecule has 0 atom stereocenters. The number of hydrazine groups is 1. The largest absolute Gasteiger partial charge is 0.416 e. The highest BCUT2D eigenvalue weighted by Gasteiger charge is 2.31. The molecule has 8 heteroatoms. The van der Waals surface area contributed by atoms with Crippen molar-refractivity contribution in [1.82, 2.24) is 10.9 Å². The molecule has 0 spiro atoms. The van der Waals surface area contributed by atoms with Gasteiger partial charge in [-0.2, -0.15) is 13.2 Å². The van der Waals surface area contributed by atoms with Gasteiger partial charge in [-0.15, -0.1) is 0 Å². The highest BCUT2D eigenvalue weighted by Crippen LogP contribution is 2.34. The van der Waals surface area contributed by atoms with E-state index in [2.05, 4.69) is 41.3 Å². The average molecular weight is 426 g/mol. The normalized spacial score (nSPS) is 13.4. The lowest BCUT2D eigenvalue weighted by Crippen LogP contribution is -2.39. The van der Waals surface area contributed by atoms with Gasteiger partial charge in [0.25, 0.3) is 0 Å². The molecule has 0 radical (unpaired) electrons. The minimum Gasteiger partial charge on any atom is -0.330 e. The molecule has 0 aromatic heterocycles. The van der Waals surface area contributed by atoms with E-state index in [9.17, 15) is 13.2 Å². The molecule has 0 fully saturated rings. The lowest BCUT2D eigenvalue weighted by atomic mass is 9.90. The van der Waals surface area contributed by atoms with Crippen molar-refractivity contribution in [1.29, 1.82) is 0 Å². The van der Waals surface area contributed by atoms with E-state index < -0.39 is 11.7 Å². The summed E-state index contributed by atoms with van der Waals surface area (Å²) in [4.78, 5) is 0. The van der Waals surface area contributed by atoms with Crippen molar-refractivity contribution in [3.8, 4) is 0 Å². The summed E-state index contributed by atoms with van der Waals surface area (Å²) < 4.78 is 38.7. The number of hydrogen-bond donors (Lipinski definition) is 3. The number of aryl methyl sites for hydroxylation is 2. The number of allylic oxidation sites excluding steroid dienone is 1. The number of fused-ring (bicyclic) bond motifs is 1. The van der Waals surface area contributed by atoms with Crippen LogP contribution < -0.4 is 16.2 Å². The van der Waals surface area contributed by atoms with E-state index in [0.29, 0.717) is 0 Å². The van der Waals surface area contributed by atoms with Crippen LogP contribution in [0, 0.1) is 13.8 Å². The molecule has 1 aliphatic carbocycles. The number of benzene rings is 2. The Morgan fingerprint density at radius 2 is 1.89 bits per heavy atom. The Bertz CT molecular complexity index is 954. The van der Waals surface area contributed by atoms with Crippen LogP contribution in [0.25, 0.3) is 5.70 Å². The van der Waals surface area contributed by atoms with Gasteiger partial charge in [-0.1, -0.05) is 29.3 Å². The summed E-state index contributed by atoms with van der Waals surface area (Å²) >= 11 is 11.2. The number of rotatable bonds is 3. The summed E-state index contributed by atoms with van der Waals surface area (Å²) in [6.45, 7) is 4.12. The smallest absolute Gasteiger partial charge is 0.330 e. The predicted octanol–water partition coefficient (Wildman–Crippen LogP) is 5.75. The van der Waals surface area contributed by atoms with E-state index in [0.717, 1.165) is 41.8 Å². The Hall–Kier alpha value is -2.25. The van der Waals surface area contributed by atoms with E-state index >= 15 is 0 Å². The van der Waals surface area contributed by atoms with Gasteiger partial charge in [0, 0.05) is 5.56 Å². The van der Waals surface area contributed by atoms with Crippen LogP contribution in [0.4, 0.5) is 18.9 Å². The molecule has 0 saturated heterocycles. The van der Waals surface area contributed by atoms with E-state index in [-0.39, 0.29) is 15.8 Å². The predicted molar refractivity (Wildman–Crippen MR) is 111 cm³/mol. The molecule has 0 heterocycles. The fraction of sp³-hybridized carbons (Fsp3) is 0.250. The van der Waals surface area contributed by atoms with Crippen molar-refractivity contribution in [3.05, 3.63) is 69.2 Å². The van der Waals surface area contributed by atoms with Gasteiger partial charge >= 0.3 is 6.18 Å². The lowest BCUT2D eigenvalue weighted by molar-refractivity contribution is -0.137. The lowest BCUT2D eigenvalue weighted by Gasteiger charge is -2.23. The van der Waals surface area contributed by atoms with E-state index in [4.69, 9.17) is 23.8 Å². The number of alkyl halides is 3. The van der Waals surface area contributed by atoms with Crippen molar-refractivity contribution >= 4 is 40.3 Å². The van der Waals surface area contributed by atoms with Gasteiger partial charge in [0.05, 0.1) is 22.0 Å². The minimum atomic E-state index is -4.46. The third-order valence-corrected chi connectivity index (χ3v) is 5.04. The van der Waals surface area contributed by atoms with E-state index in [1.54, 1.807) is 0 Å². The SMILES string of the molecule is Cc1cc(C)c2c(c1)C(NNC(=S)Nc1cc(C(F)(F)F)ccc1Cl)=CCC2. The van der Waals surface area contributed by atoms with E-state index in [1.165, 1.54) is 17.2 Å². The first-order valence-corrected chi connectivity index (χ1v) is 9.44. The van der Waals surface area contributed by atoms with Gasteiger partial charge in [0.15, 0.2) is 5.11 Å². The molecule has 148 valence electrons. The molecule has 0 saturated carbocycles. The van der Waals surface area contributed by atoms with E-state index in [1.807, 2.05) is 6.92 Å². The monoisotopic (exact) mass is 425 g/mol. The molecule has 3 rings (SSSR count). The van der Waals surface area contributed by atoms with Gasteiger partial charge in [-0.05, 0) is 74.3 Å². The topological polar surface area (TPSA) is 36.1 Å². The average Bonchev–Trinajstić information content (AvgIpc) is 2.61. The quantitative estimate of drug-likeness (QED) is 0.432. The maximum absolute atomic E-state index is 12.9. The summed E-state index contributed by atoms with van der Waals surface area (Å²) in [7, 11) is 0. The zero-order valence-electron chi connectivity index (χ0n) is 15.3. The van der Waals surface area contributed by atoms with Crippen LogP contribution >= 0.6 is 23.8 Å². The Kier molecular flexibility index (Phi) is 5.86. The van der Waals surface area contributed by atoms with Crippen molar-refractivity contribution in [3.63, 3.8) is 0 Å². The molecule has 0 aliphatic heterocycles. The van der Waals surface area contributed by atoms with Crippen molar-refractivity contribution in [2.45, 2.75) is 32.9 Å². The highest BCUT2D eigenvalue weighted by atomic mass is 35.5. The number of nitrogens with one attached hydrogen (secondary N) is 3. The summed E-state index contributed by atoms with van der Waals surface area (Å²) in [6.07, 6.45) is -0.537. The van der Waals surface area contributed by atoms with Gasteiger partial charge in [-0.3, -0.25) is 10.9 Å². The Morgan fingerprint density at radius 1 is 1.14 bits per heavy atom. The second-order valence-corrected chi connectivity index (χ2v) is 7.48. The maximum Gasteiger partial charge on any atom is 0.416 e. The van der Waals surface area contributed by atoms with Crippen LogP contribution in [0.1, 0.15) is 34.2 Å². The van der Waals surface area contributed by atoms with Crippen LogP contribution in [0.5, 0.6) is 0 Å². The standard InChI is InChI=1S/C20H19ClF3N3S/c1-11-8-12(2)14-4-3-5-17(15(14)9-11)26-27-19(28)25-18-10-13(20(22,23)24)6-7-16(18)21/h5-10,26H,3-4H2,1-2H3,(H2,25,27,28). The fourth-order valence-corrected chi connectivity index (χ4v) is 3.56. The molecule has 0 amide bonds. The number of hydrogen-bond acceptors (Lipinski definition) is 2. The number of halogens is 4. The zero-order valence-corrected chi connectivity index (χ0v) is 16.9. The Morgan fingerprint density at radius 3 is 2.61 bits per heavy atom. The molecule has 2 aromatic rings. The molecular formula is C20H19ClF3N3S. The van der Waals surface area contributed by atoms with Gasteiger partial charge in [-0.25, -0.2) is 0 Å². The van der Waals surface area contributed by atoms with Crippen LogP contribution in [-0.4, -0.2) is 5.11 Å². The van der Waals surface area contributed by atoms with Crippen LogP contribution in [0.2, 0.25) is 5.02 Å². The number of thiocarbonyl (C=S) groups is 1.